The number of hydrogen-bond donors (Lipinski definition) is 0. The highest BCUT2D eigenvalue weighted by Crippen LogP contribution is 2.57. The monoisotopic (exact) mass is 558 g/mol. The van der Waals surface area contributed by atoms with Gasteiger partial charge in [0.05, 0.1) is 13.2 Å². The van der Waals surface area contributed by atoms with Crippen molar-refractivity contribution in [3.05, 3.63) is 50.6 Å². The maximum atomic E-state index is 16.2. The molecule has 3 unspecified atom stereocenters. The Bertz CT molecular complexity index is 842. The molecule has 2 aliphatic rings. The lowest BCUT2D eigenvalue weighted by Crippen LogP contribution is -2.85. The number of carbonyl (C=O) groups excluding carboxylic acids is 1. The third-order valence-corrected chi connectivity index (χ3v) is 5.31. The van der Waals surface area contributed by atoms with Gasteiger partial charge in [0, 0.05) is 6.08 Å². The highest BCUT2D eigenvalue weighted by molar-refractivity contribution is 5.81. The van der Waals surface area contributed by atoms with Crippen molar-refractivity contribution in [3.8, 4) is 0 Å². The summed E-state index contributed by atoms with van der Waals surface area (Å²) in [5.74, 6) is -5.52. The van der Waals surface area contributed by atoms with Crippen molar-refractivity contribution in [2.24, 2.45) is 0 Å². The van der Waals surface area contributed by atoms with E-state index in [2.05, 4.69) is 26.3 Å². The zero-order chi connectivity index (χ0) is 28.3. The van der Waals surface area contributed by atoms with E-state index in [0.29, 0.717) is 6.08 Å². The van der Waals surface area contributed by atoms with Crippen LogP contribution in [0.2, 0.25) is 0 Å². The van der Waals surface area contributed by atoms with Gasteiger partial charge in [-0.05, 0) is 0 Å². The fraction of sp³-hybridized carbons (Fsp3) is 0.609. The molecule has 0 N–H and O–H groups in total. The van der Waals surface area contributed by atoms with E-state index in [0.717, 1.165) is 0 Å². The predicted molar refractivity (Wildman–Crippen MR) is 119 cm³/mol. The fourth-order valence-corrected chi connectivity index (χ4v) is 3.95. The van der Waals surface area contributed by atoms with E-state index in [9.17, 15) is 4.79 Å². The van der Waals surface area contributed by atoms with E-state index in [1.165, 1.54) is 18.2 Å². The number of alkyl halides is 4. The minimum atomic E-state index is -4.40. The zero-order valence-electron chi connectivity index (χ0n) is 20.5. The first kappa shape index (κ1) is 32.0. The maximum Gasteiger partial charge on any atom is 0.379 e. The molecule has 0 radical (unpaired) electrons. The molecule has 0 saturated carbocycles. The molecule has 0 aromatic carbocycles. The Morgan fingerprint density at radius 2 is 1.26 bits per heavy atom. The van der Waals surface area contributed by atoms with E-state index in [-0.39, 0.29) is 6.61 Å². The average molecular weight is 558 g/mol. The average Bonchev–Trinajstić information content (AvgIpc) is 2.98. The van der Waals surface area contributed by atoms with Crippen LogP contribution in [-0.4, -0.2) is 94.3 Å². The van der Waals surface area contributed by atoms with Crippen molar-refractivity contribution in [2.45, 2.75) is 28.8 Å². The van der Waals surface area contributed by atoms with Crippen LogP contribution in [-0.2, 0) is 53.1 Å². The number of hydrogen-bond acceptors (Lipinski definition) is 11. The quantitative estimate of drug-likeness (QED) is 0.0531. The van der Waals surface area contributed by atoms with Gasteiger partial charge in [-0.2, -0.15) is 8.78 Å². The second-order valence-electron chi connectivity index (χ2n) is 8.06. The Morgan fingerprint density at radius 3 is 1.82 bits per heavy atom. The van der Waals surface area contributed by atoms with Gasteiger partial charge in [0.25, 0.3) is 0 Å². The minimum Gasteiger partial charge on any atom is -0.459 e. The van der Waals surface area contributed by atoms with Gasteiger partial charge in [-0.1, -0.05) is 24.8 Å². The van der Waals surface area contributed by atoms with Gasteiger partial charge in [-0.15, -0.1) is 19.7 Å². The normalized spacial score (nSPS) is 30.2. The maximum absolute atomic E-state index is 16.2. The van der Waals surface area contributed by atoms with E-state index in [1.54, 1.807) is 0 Å². The molecular formula is C23H30F4O11. The van der Waals surface area contributed by atoms with Crippen molar-refractivity contribution in [3.63, 3.8) is 0 Å². The second-order valence-corrected chi connectivity index (χ2v) is 8.06. The lowest BCUT2D eigenvalue weighted by molar-refractivity contribution is -0.527. The Hall–Kier alpha value is -2.21. The van der Waals surface area contributed by atoms with E-state index < -0.39 is 87.7 Å². The topological polar surface area (TPSA) is 109 Å². The molecule has 2 aliphatic heterocycles. The zero-order valence-corrected chi connectivity index (χ0v) is 20.5. The van der Waals surface area contributed by atoms with Crippen LogP contribution < -0.4 is 0 Å². The molecule has 216 valence electrons. The SMILES string of the molecule is C=CCOOCC1(OOCC=C)COCC(F)(F)C12OC(F)(F)COCC2(COC(=O)C=C)OOCC=C. The van der Waals surface area contributed by atoms with Crippen LogP contribution in [0, 0.1) is 0 Å². The summed E-state index contributed by atoms with van der Waals surface area (Å²) in [4.78, 5) is 42.5. The molecule has 1 spiro atoms. The molecule has 2 saturated heterocycles. The van der Waals surface area contributed by atoms with Crippen LogP contribution in [0.1, 0.15) is 0 Å². The summed E-state index contributed by atoms with van der Waals surface area (Å²) in [5, 5.41) is 0. The van der Waals surface area contributed by atoms with E-state index >= 15 is 17.6 Å². The molecule has 38 heavy (non-hydrogen) atoms. The summed E-state index contributed by atoms with van der Waals surface area (Å²) in [6, 6.07) is 0. The molecule has 11 nitrogen and oxygen atoms in total. The fourth-order valence-electron chi connectivity index (χ4n) is 3.95. The van der Waals surface area contributed by atoms with Gasteiger partial charge in [-0.3, -0.25) is 4.74 Å². The van der Waals surface area contributed by atoms with Gasteiger partial charge in [0.1, 0.15) is 46.2 Å². The summed E-state index contributed by atoms with van der Waals surface area (Å²) in [6.07, 6.45) is -0.0375. The Morgan fingerprint density at radius 1 is 0.737 bits per heavy atom. The molecule has 3 atom stereocenters. The Labute approximate surface area is 216 Å². The number of ether oxygens (including phenoxy) is 4. The summed E-state index contributed by atoms with van der Waals surface area (Å²) >= 11 is 0. The largest absolute Gasteiger partial charge is 0.459 e. The van der Waals surface area contributed by atoms with Crippen LogP contribution in [0.3, 0.4) is 0 Å². The lowest BCUT2D eigenvalue weighted by Gasteiger charge is -2.59. The van der Waals surface area contributed by atoms with Crippen molar-refractivity contribution >= 4 is 5.97 Å². The second kappa shape index (κ2) is 13.7. The lowest BCUT2D eigenvalue weighted by atomic mass is 9.66. The van der Waals surface area contributed by atoms with Crippen LogP contribution >= 0.6 is 0 Å². The van der Waals surface area contributed by atoms with Gasteiger partial charge in [0.2, 0.25) is 5.60 Å². The summed E-state index contributed by atoms with van der Waals surface area (Å²) in [5.41, 5.74) is -9.35. The molecule has 0 amide bonds. The number of halogens is 4. The molecular weight excluding hydrogens is 528 g/mol. The smallest absolute Gasteiger partial charge is 0.379 e. The first-order valence-corrected chi connectivity index (χ1v) is 11.1. The predicted octanol–water partition coefficient (Wildman–Crippen LogP) is 2.64. The molecule has 2 heterocycles. The molecule has 0 aromatic heterocycles. The summed E-state index contributed by atoms with van der Waals surface area (Å²) in [6.45, 7) is 5.25. The van der Waals surface area contributed by atoms with Crippen LogP contribution in [0.15, 0.2) is 50.6 Å². The van der Waals surface area contributed by atoms with Crippen LogP contribution in [0.5, 0.6) is 0 Å². The molecule has 15 heteroatoms. The summed E-state index contributed by atoms with van der Waals surface area (Å²) in [7, 11) is 0. The first-order chi connectivity index (χ1) is 18.0. The standard InChI is InChI=1S/C23H30F4O11/c1-5-9-32-35-15-20(38-34-11-7-3)13-29-16-21(24,25)23(20)19(37-33-10-6-2,14-31-18(28)8-4)12-30-17-22(26,27)36-23/h5-8H,1-4,9-17H2. The van der Waals surface area contributed by atoms with Gasteiger partial charge in [0.15, 0.2) is 11.2 Å². The third-order valence-electron chi connectivity index (χ3n) is 5.31. The van der Waals surface area contributed by atoms with Crippen molar-refractivity contribution < 1.29 is 70.6 Å². The molecule has 2 rings (SSSR count). The highest BCUT2D eigenvalue weighted by atomic mass is 19.3. The Kier molecular flexibility index (Phi) is 11.6. The minimum absolute atomic E-state index is 0.227. The van der Waals surface area contributed by atoms with Crippen LogP contribution in [0.4, 0.5) is 17.6 Å². The first-order valence-electron chi connectivity index (χ1n) is 11.1. The number of rotatable bonds is 16. The third kappa shape index (κ3) is 6.67. The molecule has 2 fully saturated rings. The molecule has 0 bridgehead atoms. The van der Waals surface area contributed by atoms with Crippen molar-refractivity contribution in [1.82, 2.24) is 0 Å². The van der Waals surface area contributed by atoms with Crippen molar-refractivity contribution in [1.29, 1.82) is 0 Å². The summed E-state index contributed by atoms with van der Waals surface area (Å²) < 4.78 is 82.6. The van der Waals surface area contributed by atoms with Crippen LogP contribution in [0.25, 0.3) is 0 Å². The Balaban J connectivity index is 2.85. The van der Waals surface area contributed by atoms with Crippen molar-refractivity contribution in [2.75, 3.05) is 59.5 Å². The highest BCUT2D eigenvalue weighted by Gasteiger charge is 2.84. The van der Waals surface area contributed by atoms with E-state index in [4.69, 9.17) is 48.3 Å². The number of esters is 1. The van der Waals surface area contributed by atoms with Gasteiger partial charge < -0.3 is 14.2 Å². The van der Waals surface area contributed by atoms with Gasteiger partial charge in [-0.25, -0.2) is 42.9 Å². The van der Waals surface area contributed by atoms with Gasteiger partial charge >= 0.3 is 18.0 Å². The number of carbonyl (C=O) groups is 1. The molecule has 0 aromatic rings. The van der Waals surface area contributed by atoms with E-state index in [1.807, 2.05) is 0 Å². The molecule has 0 aliphatic carbocycles.